The van der Waals surface area contributed by atoms with Crippen molar-refractivity contribution in [3.8, 4) is 0 Å². The summed E-state index contributed by atoms with van der Waals surface area (Å²) in [6, 6.07) is 6.37. The minimum atomic E-state index is 0.549. The number of rotatable bonds is 4. The first kappa shape index (κ1) is 11.8. The molecule has 2 aromatic heterocycles. The van der Waals surface area contributed by atoms with Gasteiger partial charge in [-0.25, -0.2) is 0 Å². The lowest BCUT2D eigenvalue weighted by molar-refractivity contribution is 0.386. The molecule has 98 valence electrons. The summed E-state index contributed by atoms with van der Waals surface area (Å²) in [5.41, 5.74) is 3.55. The number of anilines is 1. The standard InChI is InChI=1S/C14H16N4O/c1-3-15-14-17-13(19-18-14)7-10-8-16-12-6-9(2)4-5-11(10)12/h4-6,8,16H,3,7H2,1-2H3,(H,15,18). The number of hydrogen-bond acceptors (Lipinski definition) is 4. The molecule has 0 atom stereocenters. The van der Waals surface area contributed by atoms with Crippen LogP contribution in [0.2, 0.25) is 0 Å². The number of aryl methyl sites for hydroxylation is 1. The summed E-state index contributed by atoms with van der Waals surface area (Å²) < 4.78 is 5.23. The zero-order chi connectivity index (χ0) is 13.2. The first-order valence-electron chi connectivity index (χ1n) is 6.39. The SMILES string of the molecule is CCNc1noc(Cc2c[nH]c3cc(C)ccc23)n1. The zero-order valence-electron chi connectivity index (χ0n) is 11.0. The van der Waals surface area contributed by atoms with Gasteiger partial charge in [-0.1, -0.05) is 12.1 Å². The molecule has 1 aromatic carbocycles. The second-order valence-corrected chi connectivity index (χ2v) is 4.58. The Kier molecular flexibility index (Phi) is 2.95. The van der Waals surface area contributed by atoms with Crippen LogP contribution in [-0.2, 0) is 6.42 Å². The summed E-state index contributed by atoms with van der Waals surface area (Å²) in [5.74, 6) is 1.17. The summed E-state index contributed by atoms with van der Waals surface area (Å²) in [7, 11) is 0. The van der Waals surface area contributed by atoms with Crippen molar-refractivity contribution in [3.05, 3.63) is 41.4 Å². The van der Waals surface area contributed by atoms with E-state index in [-0.39, 0.29) is 0 Å². The highest BCUT2D eigenvalue weighted by Crippen LogP contribution is 2.21. The van der Waals surface area contributed by atoms with Gasteiger partial charge in [0, 0.05) is 23.6 Å². The molecule has 2 heterocycles. The summed E-state index contributed by atoms with van der Waals surface area (Å²) in [6.07, 6.45) is 2.64. The third-order valence-corrected chi connectivity index (χ3v) is 3.07. The lowest BCUT2D eigenvalue weighted by Gasteiger charge is -1.96. The Morgan fingerprint density at radius 2 is 2.26 bits per heavy atom. The molecule has 0 fully saturated rings. The first-order valence-corrected chi connectivity index (χ1v) is 6.39. The summed E-state index contributed by atoms with van der Waals surface area (Å²) in [5, 5.41) is 8.10. The topological polar surface area (TPSA) is 66.7 Å². The molecular formula is C14H16N4O. The van der Waals surface area contributed by atoms with Gasteiger partial charge in [-0.05, 0) is 36.2 Å². The molecule has 0 unspecified atom stereocenters. The Bertz CT molecular complexity index is 698. The molecule has 3 rings (SSSR count). The van der Waals surface area contributed by atoms with Crippen LogP contribution in [-0.4, -0.2) is 21.7 Å². The van der Waals surface area contributed by atoms with Crippen molar-refractivity contribution in [2.75, 3.05) is 11.9 Å². The highest BCUT2D eigenvalue weighted by Gasteiger charge is 2.10. The van der Waals surface area contributed by atoms with Crippen LogP contribution in [0.5, 0.6) is 0 Å². The van der Waals surface area contributed by atoms with Gasteiger partial charge in [0.1, 0.15) is 0 Å². The highest BCUT2D eigenvalue weighted by molar-refractivity contribution is 5.84. The molecule has 5 nitrogen and oxygen atoms in total. The fourth-order valence-corrected chi connectivity index (χ4v) is 2.17. The van der Waals surface area contributed by atoms with Crippen LogP contribution in [0.1, 0.15) is 23.9 Å². The van der Waals surface area contributed by atoms with E-state index in [1.807, 2.05) is 13.1 Å². The average Bonchev–Trinajstić information content (AvgIpc) is 2.98. The molecule has 0 radical (unpaired) electrons. The number of aromatic nitrogens is 3. The summed E-state index contributed by atoms with van der Waals surface area (Å²) in [4.78, 5) is 7.57. The minimum absolute atomic E-state index is 0.549. The number of hydrogen-bond donors (Lipinski definition) is 2. The number of H-pyrrole nitrogens is 1. The van der Waals surface area contributed by atoms with Crippen molar-refractivity contribution in [1.82, 2.24) is 15.1 Å². The van der Waals surface area contributed by atoms with E-state index >= 15 is 0 Å². The number of aromatic amines is 1. The van der Waals surface area contributed by atoms with Crippen molar-refractivity contribution >= 4 is 16.9 Å². The minimum Gasteiger partial charge on any atom is -0.361 e. The molecule has 0 saturated heterocycles. The largest absolute Gasteiger partial charge is 0.361 e. The third kappa shape index (κ3) is 2.31. The maximum Gasteiger partial charge on any atom is 0.263 e. The van der Waals surface area contributed by atoms with E-state index in [1.165, 1.54) is 16.5 Å². The van der Waals surface area contributed by atoms with E-state index in [0.717, 1.165) is 12.1 Å². The molecule has 0 bridgehead atoms. The number of benzene rings is 1. The normalized spacial score (nSPS) is 11.1. The molecule has 5 heteroatoms. The third-order valence-electron chi connectivity index (χ3n) is 3.07. The number of nitrogens with one attached hydrogen (secondary N) is 2. The molecule has 0 aliphatic carbocycles. The van der Waals surface area contributed by atoms with Crippen LogP contribution < -0.4 is 5.32 Å². The van der Waals surface area contributed by atoms with Gasteiger partial charge < -0.3 is 14.8 Å². The van der Waals surface area contributed by atoms with E-state index in [1.54, 1.807) is 0 Å². The molecule has 2 N–H and O–H groups in total. The van der Waals surface area contributed by atoms with Crippen LogP contribution >= 0.6 is 0 Å². The van der Waals surface area contributed by atoms with Crippen molar-refractivity contribution in [1.29, 1.82) is 0 Å². The van der Waals surface area contributed by atoms with Gasteiger partial charge in [0.25, 0.3) is 5.95 Å². The maximum absolute atomic E-state index is 5.23. The Hall–Kier alpha value is -2.30. The second-order valence-electron chi connectivity index (χ2n) is 4.58. The van der Waals surface area contributed by atoms with Crippen LogP contribution in [0.3, 0.4) is 0 Å². The lowest BCUT2D eigenvalue weighted by atomic mass is 10.1. The van der Waals surface area contributed by atoms with E-state index < -0.39 is 0 Å². The van der Waals surface area contributed by atoms with Crippen molar-refractivity contribution in [2.24, 2.45) is 0 Å². The Morgan fingerprint density at radius 3 is 3.11 bits per heavy atom. The number of fused-ring (bicyclic) bond motifs is 1. The summed E-state index contributed by atoms with van der Waals surface area (Å²) >= 11 is 0. The molecule has 0 aliphatic rings. The maximum atomic E-state index is 5.23. The predicted octanol–water partition coefficient (Wildman–Crippen LogP) is 2.88. The predicted molar refractivity (Wildman–Crippen MR) is 74.3 cm³/mol. The molecule has 19 heavy (non-hydrogen) atoms. The van der Waals surface area contributed by atoms with Crippen LogP contribution in [0.4, 0.5) is 5.95 Å². The number of nitrogens with zero attached hydrogens (tertiary/aromatic N) is 2. The van der Waals surface area contributed by atoms with Gasteiger partial charge in [-0.15, -0.1) is 0 Å². The quantitative estimate of drug-likeness (QED) is 0.753. The Morgan fingerprint density at radius 1 is 1.37 bits per heavy atom. The van der Waals surface area contributed by atoms with E-state index in [2.05, 4.69) is 45.6 Å². The van der Waals surface area contributed by atoms with Gasteiger partial charge in [-0.3, -0.25) is 0 Å². The van der Waals surface area contributed by atoms with Crippen LogP contribution in [0.15, 0.2) is 28.9 Å². The Balaban J connectivity index is 1.88. The van der Waals surface area contributed by atoms with Crippen LogP contribution in [0, 0.1) is 6.92 Å². The molecule has 3 aromatic rings. The lowest BCUT2D eigenvalue weighted by Crippen LogP contribution is -1.98. The van der Waals surface area contributed by atoms with E-state index in [4.69, 9.17) is 4.52 Å². The molecular weight excluding hydrogens is 240 g/mol. The fraction of sp³-hybridized carbons (Fsp3) is 0.286. The van der Waals surface area contributed by atoms with Gasteiger partial charge in [0.15, 0.2) is 0 Å². The van der Waals surface area contributed by atoms with E-state index in [0.29, 0.717) is 18.3 Å². The van der Waals surface area contributed by atoms with Crippen molar-refractivity contribution in [3.63, 3.8) is 0 Å². The molecule has 0 amide bonds. The monoisotopic (exact) mass is 256 g/mol. The van der Waals surface area contributed by atoms with Gasteiger partial charge in [0.2, 0.25) is 5.89 Å². The van der Waals surface area contributed by atoms with Crippen LogP contribution in [0.25, 0.3) is 10.9 Å². The van der Waals surface area contributed by atoms with Gasteiger partial charge in [0.05, 0.1) is 6.42 Å². The fourth-order valence-electron chi connectivity index (χ4n) is 2.17. The smallest absolute Gasteiger partial charge is 0.263 e. The molecule has 0 aliphatic heterocycles. The highest BCUT2D eigenvalue weighted by atomic mass is 16.5. The van der Waals surface area contributed by atoms with Gasteiger partial charge >= 0.3 is 0 Å². The summed E-state index contributed by atoms with van der Waals surface area (Å²) in [6.45, 7) is 4.87. The van der Waals surface area contributed by atoms with E-state index in [9.17, 15) is 0 Å². The molecule has 0 saturated carbocycles. The Labute approximate surface area is 111 Å². The van der Waals surface area contributed by atoms with Crippen molar-refractivity contribution in [2.45, 2.75) is 20.3 Å². The zero-order valence-corrected chi connectivity index (χ0v) is 11.0. The molecule has 0 spiro atoms. The second kappa shape index (κ2) is 4.76. The van der Waals surface area contributed by atoms with Gasteiger partial charge in [-0.2, -0.15) is 4.98 Å². The first-order chi connectivity index (χ1) is 9.26. The van der Waals surface area contributed by atoms with Crippen molar-refractivity contribution < 1.29 is 4.52 Å². The average molecular weight is 256 g/mol.